The van der Waals surface area contributed by atoms with Crippen molar-refractivity contribution in [1.29, 1.82) is 0 Å². The second kappa shape index (κ2) is 10.5. The van der Waals surface area contributed by atoms with Gasteiger partial charge in [0.1, 0.15) is 0 Å². The minimum absolute atomic E-state index is 0.144. The van der Waals surface area contributed by atoms with E-state index in [0.29, 0.717) is 35.9 Å². The van der Waals surface area contributed by atoms with E-state index in [-0.39, 0.29) is 18.4 Å². The maximum absolute atomic E-state index is 12.4. The van der Waals surface area contributed by atoms with Gasteiger partial charge in [0.05, 0.1) is 32.9 Å². The van der Waals surface area contributed by atoms with Crippen molar-refractivity contribution in [2.75, 3.05) is 39.7 Å². The number of hydrogen-bond donors (Lipinski definition) is 1. The van der Waals surface area contributed by atoms with Crippen LogP contribution in [0.25, 0.3) is 0 Å². The van der Waals surface area contributed by atoms with Crippen molar-refractivity contribution in [2.24, 2.45) is 0 Å². The van der Waals surface area contributed by atoms with Gasteiger partial charge in [0.2, 0.25) is 5.91 Å². The Morgan fingerprint density at radius 3 is 2.24 bits per heavy atom. The first-order chi connectivity index (χ1) is 13.9. The molecule has 0 heterocycles. The molecule has 0 saturated carbocycles. The van der Waals surface area contributed by atoms with Crippen LogP contribution in [-0.2, 0) is 16.1 Å². The van der Waals surface area contributed by atoms with Crippen LogP contribution in [0.2, 0.25) is 0 Å². The molecule has 156 valence electrons. The van der Waals surface area contributed by atoms with E-state index in [4.69, 9.17) is 14.2 Å². The van der Waals surface area contributed by atoms with Crippen LogP contribution in [0, 0.1) is 6.92 Å². The number of hydrogen-bond acceptors (Lipinski definition) is 6. The summed E-state index contributed by atoms with van der Waals surface area (Å²) < 4.78 is 15.6. The summed E-state index contributed by atoms with van der Waals surface area (Å²) in [6, 6.07) is 10.5. The zero-order valence-corrected chi connectivity index (χ0v) is 17.6. The van der Waals surface area contributed by atoms with Gasteiger partial charge in [0, 0.05) is 12.2 Å². The summed E-state index contributed by atoms with van der Waals surface area (Å²) in [6.45, 7) is 4.88. The van der Waals surface area contributed by atoms with E-state index in [0.717, 1.165) is 11.1 Å². The maximum Gasteiger partial charge on any atom is 0.338 e. The van der Waals surface area contributed by atoms with Gasteiger partial charge in [-0.15, -0.1) is 0 Å². The molecule has 2 rings (SSSR count). The van der Waals surface area contributed by atoms with Crippen LogP contribution in [0.5, 0.6) is 11.5 Å². The lowest BCUT2D eigenvalue weighted by molar-refractivity contribution is -0.117. The minimum Gasteiger partial charge on any atom is -0.493 e. The Balaban J connectivity index is 1.95. The Hall–Kier alpha value is -3.06. The summed E-state index contributed by atoms with van der Waals surface area (Å²) in [5.41, 5.74) is 3.19. The fourth-order valence-corrected chi connectivity index (χ4v) is 2.89. The Bertz CT molecular complexity index is 849. The monoisotopic (exact) mass is 400 g/mol. The number of benzene rings is 2. The van der Waals surface area contributed by atoms with Gasteiger partial charge in [-0.2, -0.15) is 0 Å². The quantitative estimate of drug-likeness (QED) is 0.651. The van der Waals surface area contributed by atoms with Crippen LogP contribution in [0.3, 0.4) is 0 Å². The van der Waals surface area contributed by atoms with Gasteiger partial charge in [-0.3, -0.25) is 9.69 Å². The lowest BCUT2D eigenvalue weighted by Crippen LogP contribution is -2.30. The van der Waals surface area contributed by atoms with Crippen LogP contribution in [-0.4, -0.2) is 51.2 Å². The van der Waals surface area contributed by atoms with E-state index in [1.807, 2.05) is 31.0 Å². The minimum atomic E-state index is -0.379. The summed E-state index contributed by atoms with van der Waals surface area (Å²) in [5.74, 6) is 0.818. The number of amides is 1. The van der Waals surface area contributed by atoms with Gasteiger partial charge in [0.15, 0.2) is 11.5 Å². The van der Waals surface area contributed by atoms with Gasteiger partial charge in [0.25, 0.3) is 0 Å². The number of esters is 1. The predicted molar refractivity (Wildman–Crippen MR) is 112 cm³/mol. The zero-order valence-electron chi connectivity index (χ0n) is 17.6. The van der Waals surface area contributed by atoms with E-state index in [1.54, 1.807) is 45.4 Å². The third-order valence-corrected chi connectivity index (χ3v) is 4.38. The van der Waals surface area contributed by atoms with Crippen molar-refractivity contribution in [2.45, 2.75) is 20.4 Å². The van der Waals surface area contributed by atoms with E-state index in [1.165, 1.54) is 0 Å². The average molecular weight is 400 g/mol. The Morgan fingerprint density at radius 2 is 1.66 bits per heavy atom. The maximum atomic E-state index is 12.4. The summed E-state index contributed by atoms with van der Waals surface area (Å²) in [5, 5.41) is 2.83. The lowest BCUT2D eigenvalue weighted by atomic mass is 10.1. The number of rotatable bonds is 9. The van der Waals surface area contributed by atoms with Gasteiger partial charge >= 0.3 is 5.97 Å². The van der Waals surface area contributed by atoms with Crippen LogP contribution < -0.4 is 14.8 Å². The molecule has 0 saturated heterocycles. The second-order valence-electron chi connectivity index (χ2n) is 6.65. The summed E-state index contributed by atoms with van der Waals surface area (Å²) in [6.07, 6.45) is 0. The van der Waals surface area contributed by atoms with Crippen molar-refractivity contribution in [3.05, 3.63) is 53.1 Å². The number of aryl methyl sites for hydroxylation is 1. The normalized spacial score (nSPS) is 10.6. The number of nitrogens with one attached hydrogen (secondary N) is 1. The zero-order chi connectivity index (χ0) is 21.4. The highest BCUT2D eigenvalue weighted by Crippen LogP contribution is 2.30. The molecule has 1 amide bonds. The first-order valence-electron chi connectivity index (χ1n) is 9.35. The molecule has 7 heteroatoms. The van der Waals surface area contributed by atoms with Crippen LogP contribution >= 0.6 is 0 Å². The number of ether oxygens (including phenoxy) is 3. The SMILES string of the molecule is CCOC(=O)c1ccc(NC(=O)CN(C)Cc2cc(OC)c(OC)cc2C)cc1. The predicted octanol–water partition coefficient (Wildman–Crippen LogP) is 3.26. The number of carbonyl (C=O) groups is 2. The molecule has 7 nitrogen and oxygen atoms in total. The molecular weight excluding hydrogens is 372 g/mol. The largest absolute Gasteiger partial charge is 0.493 e. The smallest absolute Gasteiger partial charge is 0.338 e. The Kier molecular flexibility index (Phi) is 8.03. The van der Waals surface area contributed by atoms with Crippen LogP contribution in [0.4, 0.5) is 5.69 Å². The molecule has 2 aromatic carbocycles. The van der Waals surface area contributed by atoms with Crippen molar-refractivity contribution < 1.29 is 23.8 Å². The number of nitrogens with zero attached hydrogens (tertiary/aromatic N) is 1. The van der Waals surface area contributed by atoms with E-state index in [2.05, 4.69) is 5.32 Å². The highest BCUT2D eigenvalue weighted by atomic mass is 16.5. The number of methoxy groups -OCH3 is 2. The van der Waals surface area contributed by atoms with Crippen molar-refractivity contribution >= 4 is 17.6 Å². The highest BCUT2D eigenvalue weighted by Gasteiger charge is 2.13. The number of anilines is 1. The number of likely N-dealkylation sites (N-methyl/N-ethyl adjacent to an activating group) is 1. The molecule has 0 aliphatic rings. The van der Waals surface area contributed by atoms with Crippen LogP contribution in [0.1, 0.15) is 28.4 Å². The molecule has 29 heavy (non-hydrogen) atoms. The molecular formula is C22H28N2O5. The summed E-state index contributed by atoms with van der Waals surface area (Å²) >= 11 is 0. The van der Waals surface area contributed by atoms with Gasteiger partial charge in [-0.1, -0.05) is 0 Å². The Morgan fingerprint density at radius 1 is 1.03 bits per heavy atom. The second-order valence-corrected chi connectivity index (χ2v) is 6.65. The molecule has 0 unspecified atom stereocenters. The molecule has 0 radical (unpaired) electrons. The molecule has 0 atom stereocenters. The van der Waals surface area contributed by atoms with Gasteiger partial charge in [-0.05, 0) is 68.4 Å². The molecule has 0 fully saturated rings. The first kappa shape index (κ1) is 22.2. The summed E-state index contributed by atoms with van der Waals surface area (Å²) in [7, 11) is 5.08. The molecule has 0 aliphatic heterocycles. The first-order valence-corrected chi connectivity index (χ1v) is 9.35. The van der Waals surface area contributed by atoms with Crippen molar-refractivity contribution in [3.8, 4) is 11.5 Å². The highest BCUT2D eigenvalue weighted by molar-refractivity contribution is 5.94. The van der Waals surface area contributed by atoms with Gasteiger partial charge in [-0.25, -0.2) is 4.79 Å². The third-order valence-electron chi connectivity index (χ3n) is 4.38. The number of carbonyl (C=O) groups excluding carboxylic acids is 2. The summed E-state index contributed by atoms with van der Waals surface area (Å²) in [4.78, 5) is 25.9. The van der Waals surface area contributed by atoms with E-state index < -0.39 is 0 Å². The topological polar surface area (TPSA) is 77.1 Å². The third kappa shape index (κ3) is 6.22. The fourth-order valence-electron chi connectivity index (χ4n) is 2.89. The molecule has 1 N–H and O–H groups in total. The van der Waals surface area contributed by atoms with E-state index >= 15 is 0 Å². The Labute approximate surface area is 171 Å². The van der Waals surface area contributed by atoms with E-state index in [9.17, 15) is 9.59 Å². The van der Waals surface area contributed by atoms with Crippen LogP contribution in [0.15, 0.2) is 36.4 Å². The lowest BCUT2D eigenvalue weighted by Gasteiger charge is -2.19. The average Bonchev–Trinajstić information content (AvgIpc) is 2.69. The standard InChI is InChI=1S/C22H28N2O5/c1-6-29-22(26)16-7-9-18(10-8-16)23-21(25)14-24(3)13-17-12-20(28-5)19(27-4)11-15(17)2/h7-12H,6,13-14H2,1-5H3,(H,23,25). The van der Waals surface area contributed by atoms with Crippen molar-refractivity contribution in [1.82, 2.24) is 4.90 Å². The molecule has 2 aromatic rings. The molecule has 0 spiro atoms. The molecule has 0 aliphatic carbocycles. The molecule has 0 aromatic heterocycles. The van der Waals surface area contributed by atoms with Crippen molar-refractivity contribution in [3.63, 3.8) is 0 Å². The van der Waals surface area contributed by atoms with Gasteiger partial charge < -0.3 is 19.5 Å². The molecule has 0 bridgehead atoms. The fraction of sp³-hybridized carbons (Fsp3) is 0.364.